The molecule has 1 heterocycles. The molecule has 0 radical (unpaired) electrons. The maximum Gasteiger partial charge on any atom is 0.0956 e. The molecule has 0 spiro atoms. The van der Waals surface area contributed by atoms with Crippen LogP contribution in [0.2, 0.25) is 0 Å². The first-order valence-corrected chi connectivity index (χ1v) is 8.13. The van der Waals surface area contributed by atoms with Crippen molar-refractivity contribution in [3.63, 3.8) is 0 Å². The highest BCUT2D eigenvalue weighted by Gasteiger charge is 2.30. The summed E-state index contributed by atoms with van der Waals surface area (Å²) in [6.45, 7) is 8.91. The zero-order chi connectivity index (χ0) is 15.2. The van der Waals surface area contributed by atoms with Gasteiger partial charge < -0.3 is 9.64 Å². The summed E-state index contributed by atoms with van der Waals surface area (Å²) >= 11 is 0. The molecule has 0 saturated carbocycles. The summed E-state index contributed by atoms with van der Waals surface area (Å²) in [6, 6.07) is 10.7. The van der Waals surface area contributed by atoms with Gasteiger partial charge in [-0.2, -0.15) is 0 Å². The Morgan fingerprint density at radius 2 is 1.90 bits per heavy atom. The van der Waals surface area contributed by atoms with Gasteiger partial charge in [0, 0.05) is 13.1 Å². The van der Waals surface area contributed by atoms with Gasteiger partial charge in [-0.25, -0.2) is 0 Å². The topological polar surface area (TPSA) is 15.7 Å². The smallest absolute Gasteiger partial charge is 0.0956 e. The van der Waals surface area contributed by atoms with Gasteiger partial charge in [-0.1, -0.05) is 44.2 Å². The van der Waals surface area contributed by atoms with Gasteiger partial charge in [-0.3, -0.25) is 4.90 Å². The molecule has 1 aromatic carbocycles. The summed E-state index contributed by atoms with van der Waals surface area (Å²) in [7, 11) is 4.28. The molecule has 0 unspecified atom stereocenters. The van der Waals surface area contributed by atoms with E-state index in [0.29, 0.717) is 12.0 Å². The lowest BCUT2D eigenvalue weighted by molar-refractivity contribution is -0.105. The molecule has 0 amide bonds. The second-order valence-electron chi connectivity index (χ2n) is 6.73. The summed E-state index contributed by atoms with van der Waals surface area (Å²) in [5.74, 6) is 0.563. The molecule has 1 aromatic rings. The number of hydrogen-bond donors (Lipinski definition) is 0. The van der Waals surface area contributed by atoms with Crippen LogP contribution < -0.4 is 0 Å². The Balaban J connectivity index is 1.98. The van der Waals surface area contributed by atoms with E-state index < -0.39 is 0 Å². The fraction of sp³-hybridized carbons (Fsp3) is 0.667. The second kappa shape index (κ2) is 7.92. The number of hydrogen-bond acceptors (Lipinski definition) is 3. The molecule has 3 heteroatoms. The van der Waals surface area contributed by atoms with E-state index in [9.17, 15) is 0 Å². The zero-order valence-corrected chi connectivity index (χ0v) is 14.0. The summed E-state index contributed by atoms with van der Waals surface area (Å²) in [4.78, 5) is 4.84. The summed E-state index contributed by atoms with van der Waals surface area (Å²) in [6.07, 6.45) is 1.77. The first-order valence-electron chi connectivity index (χ1n) is 8.13. The van der Waals surface area contributed by atoms with Crippen molar-refractivity contribution in [3.05, 3.63) is 35.9 Å². The standard InChI is InChI=1S/C18H30N2O/c1-15(2)17-13-20(12-8-11-19(3)4)14-18(21-17)16-9-6-5-7-10-16/h5-7,9-10,15,17-18H,8,11-14H2,1-4H3/t17-,18+/m1/s1. The van der Waals surface area contributed by atoms with E-state index in [1.54, 1.807) is 0 Å². The molecular weight excluding hydrogens is 260 g/mol. The molecule has 21 heavy (non-hydrogen) atoms. The molecule has 118 valence electrons. The van der Waals surface area contributed by atoms with Crippen LogP contribution in [0, 0.1) is 5.92 Å². The van der Waals surface area contributed by atoms with Crippen LogP contribution in [0.3, 0.4) is 0 Å². The number of morpholine rings is 1. The van der Waals surface area contributed by atoms with E-state index in [1.165, 1.54) is 12.0 Å². The van der Waals surface area contributed by atoms with Crippen LogP contribution in [0.25, 0.3) is 0 Å². The number of nitrogens with zero attached hydrogens (tertiary/aromatic N) is 2. The van der Waals surface area contributed by atoms with Crippen molar-refractivity contribution in [2.45, 2.75) is 32.5 Å². The summed E-state index contributed by atoms with van der Waals surface area (Å²) < 4.78 is 6.34. The predicted molar refractivity (Wildman–Crippen MR) is 88.5 cm³/mol. The maximum atomic E-state index is 6.34. The van der Waals surface area contributed by atoms with Gasteiger partial charge in [-0.05, 0) is 45.1 Å². The normalized spacial score (nSPS) is 23.9. The Bertz CT molecular complexity index is 405. The Labute approximate surface area is 129 Å². The van der Waals surface area contributed by atoms with Gasteiger partial charge in [0.15, 0.2) is 0 Å². The van der Waals surface area contributed by atoms with E-state index in [0.717, 1.165) is 26.2 Å². The molecule has 0 bridgehead atoms. The van der Waals surface area contributed by atoms with E-state index in [-0.39, 0.29) is 6.10 Å². The molecule has 2 rings (SSSR count). The van der Waals surface area contributed by atoms with Crippen LogP contribution in [-0.4, -0.2) is 56.2 Å². The highest BCUT2D eigenvalue weighted by molar-refractivity contribution is 5.18. The van der Waals surface area contributed by atoms with Crippen LogP contribution >= 0.6 is 0 Å². The van der Waals surface area contributed by atoms with E-state index in [1.807, 2.05) is 0 Å². The van der Waals surface area contributed by atoms with Gasteiger partial charge in [0.25, 0.3) is 0 Å². The molecule has 1 saturated heterocycles. The fourth-order valence-corrected chi connectivity index (χ4v) is 2.87. The molecule has 1 aliphatic rings. The molecule has 0 aromatic heterocycles. The average Bonchev–Trinajstić information content (AvgIpc) is 2.47. The quantitative estimate of drug-likeness (QED) is 0.801. The van der Waals surface area contributed by atoms with Crippen molar-refractivity contribution in [3.8, 4) is 0 Å². The Kier molecular flexibility index (Phi) is 6.22. The molecule has 0 N–H and O–H groups in total. The summed E-state index contributed by atoms with van der Waals surface area (Å²) in [5, 5.41) is 0. The van der Waals surface area contributed by atoms with Crippen LogP contribution in [0.15, 0.2) is 30.3 Å². The van der Waals surface area contributed by atoms with E-state index >= 15 is 0 Å². The van der Waals surface area contributed by atoms with Gasteiger partial charge in [0.05, 0.1) is 12.2 Å². The third-order valence-corrected chi connectivity index (χ3v) is 4.20. The maximum absolute atomic E-state index is 6.34. The van der Waals surface area contributed by atoms with Gasteiger partial charge in [-0.15, -0.1) is 0 Å². The second-order valence-corrected chi connectivity index (χ2v) is 6.73. The molecule has 1 fully saturated rings. The Hall–Kier alpha value is -0.900. The van der Waals surface area contributed by atoms with Crippen molar-refractivity contribution in [1.82, 2.24) is 9.80 Å². The number of ether oxygens (including phenoxy) is 1. The molecule has 1 aliphatic heterocycles. The first kappa shape index (κ1) is 16.5. The van der Waals surface area contributed by atoms with Crippen LogP contribution in [-0.2, 0) is 4.74 Å². The highest BCUT2D eigenvalue weighted by atomic mass is 16.5. The average molecular weight is 290 g/mol. The lowest BCUT2D eigenvalue weighted by Crippen LogP contribution is -2.46. The monoisotopic (exact) mass is 290 g/mol. The highest BCUT2D eigenvalue weighted by Crippen LogP contribution is 2.28. The van der Waals surface area contributed by atoms with Crippen LogP contribution in [0.4, 0.5) is 0 Å². The SMILES string of the molecule is CC(C)[C@H]1CN(CCCN(C)C)C[C@@H](c2ccccc2)O1. The lowest BCUT2D eigenvalue weighted by Gasteiger charge is -2.40. The largest absolute Gasteiger partial charge is 0.367 e. The van der Waals surface area contributed by atoms with E-state index in [4.69, 9.17) is 4.74 Å². The van der Waals surface area contributed by atoms with Gasteiger partial charge >= 0.3 is 0 Å². The Morgan fingerprint density at radius 3 is 2.52 bits per heavy atom. The first-order chi connectivity index (χ1) is 10.1. The minimum atomic E-state index is 0.215. The summed E-state index contributed by atoms with van der Waals surface area (Å²) in [5.41, 5.74) is 1.31. The predicted octanol–water partition coefficient (Wildman–Crippen LogP) is 3.04. The van der Waals surface area contributed by atoms with Crippen molar-refractivity contribution >= 4 is 0 Å². The van der Waals surface area contributed by atoms with Gasteiger partial charge in [0.1, 0.15) is 0 Å². The lowest BCUT2D eigenvalue weighted by atomic mass is 10.0. The van der Waals surface area contributed by atoms with Crippen molar-refractivity contribution in [2.24, 2.45) is 5.92 Å². The molecule has 3 nitrogen and oxygen atoms in total. The van der Waals surface area contributed by atoms with Crippen LogP contribution in [0.5, 0.6) is 0 Å². The van der Waals surface area contributed by atoms with E-state index in [2.05, 4.69) is 68.1 Å². The van der Waals surface area contributed by atoms with Crippen LogP contribution in [0.1, 0.15) is 31.9 Å². The third-order valence-electron chi connectivity index (χ3n) is 4.20. The van der Waals surface area contributed by atoms with Crippen molar-refractivity contribution < 1.29 is 4.74 Å². The van der Waals surface area contributed by atoms with Gasteiger partial charge in [0.2, 0.25) is 0 Å². The molecule has 0 aliphatic carbocycles. The minimum absolute atomic E-state index is 0.215. The Morgan fingerprint density at radius 1 is 1.19 bits per heavy atom. The molecular formula is C18H30N2O. The van der Waals surface area contributed by atoms with Crippen molar-refractivity contribution in [2.75, 3.05) is 40.3 Å². The number of rotatable bonds is 6. The van der Waals surface area contributed by atoms with Crippen molar-refractivity contribution in [1.29, 1.82) is 0 Å². The zero-order valence-electron chi connectivity index (χ0n) is 14.0. The fourth-order valence-electron chi connectivity index (χ4n) is 2.87. The minimum Gasteiger partial charge on any atom is -0.367 e. The number of benzene rings is 1. The molecule has 2 atom stereocenters. The third kappa shape index (κ3) is 5.10.